The third kappa shape index (κ3) is 4.92. The largest absolute Gasteiger partial charge is 0.343 e. The quantitative estimate of drug-likeness (QED) is 0.538. The average molecular weight is 407 g/mol. The van der Waals surface area contributed by atoms with E-state index in [-0.39, 0.29) is 5.56 Å². The molecule has 1 aliphatic carbocycles. The van der Waals surface area contributed by atoms with Crippen LogP contribution in [-0.2, 0) is 17.6 Å². The maximum absolute atomic E-state index is 13.1. The first-order valence-corrected chi connectivity index (χ1v) is 9.69. The summed E-state index contributed by atoms with van der Waals surface area (Å²) in [5, 5.41) is 2.27. The summed E-state index contributed by atoms with van der Waals surface area (Å²) >= 11 is 1.43. The third-order valence-electron chi connectivity index (χ3n) is 4.38. The molecular formula is C19H19F2N3O3S. The molecule has 3 N–H and O–H groups in total. The molecule has 1 aromatic heterocycles. The van der Waals surface area contributed by atoms with Gasteiger partial charge in [-0.25, -0.2) is 8.78 Å². The number of nitrogens with one attached hydrogen (secondary N) is 3. The second kappa shape index (κ2) is 8.92. The Morgan fingerprint density at radius 2 is 1.71 bits per heavy atom. The first kappa shape index (κ1) is 19.9. The van der Waals surface area contributed by atoms with Gasteiger partial charge in [0.25, 0.3) is 17.7 Å². The molecule has 0 unspecified atom stereocenters. The lowest BCUT2D eigenvalue weighted by molar-refractivity contribution is -0.120. The van der Waals surface area contributed by atoms with Crippen molar-refractivity contribution in [2.45, 2.75) is 32.1 Å². The molecule has 0 spiro atoms. The second-order valence-electron chi connectivity index (χ2n) is 6.43. The normalized spacial score (nSPS) is 13.2. The maximum atomic E-state index is 13.1. The summed E-state index contributed by atoms with van der Waals surface area (Å²) in [4.78, 5) is 37.6. The van der Waals surface area contributed by atoms with Gasteiger partial charge in [0.15, 0.2) is 11.6 Å². The number of benzene rings is 1. The van der Waals surface area contributed by atoms with Gasteiger partial charge in [0.05, 0.1) is 11.4 Å². The second-order valence-corrected chi connectivity index (χ2v) is 7.57. The number of carbonyl (C=O) groups is 3. The topological polar surface area (TPSA) is 87.3 Å². The Bertz CT molecular complexity index is 890. The molecule has 0 atom stereocenters. The van der Waals surface area contributed by atoms with Crippen molar-refractivity contribution in [1.82, 2.24) is 16.2 Å². The minimum atomic E-state index is -1.15. The lowest BCUT2D eigenvalue weighted by Gasteiger charge is -2.08. The summed E-state index contributed by atoms with van der Waals surface area (Å²) in [5.74, 6) is -4.02. The van der Waals surface area contributed by atoms with E-state index in [2.05, 4.69) is 16.2 Å². The van der Waals surface area contributed by atoms with Crippen molar-refractivity contribution in [2.24, 2.45) is 0 Å². The van der Waals surface area contributed by atoms with Gasteiger partial charge in [-0.1, -0.05) is 6.42 Å². The van der Waals surface area contributed by atoms with E-state index >= 15 is 0 Å². The molecule has 0 aliphatic heterocycles. The summed E-state index contributed by atoms with van der Waals surface area (Å²) in [6.07, 6.45) is 5.34. The molecule has 0 bridgehead atoms. The van der Waals surface area contributed by atoms with Crippen LogP contribution in [0.2, 0.25) is 0 Å². The molecule has 148 valence electrons. The standard InChI is InChI=1S/C19H19F2N3O3S/c20-13-7-6-12(8-14(13)21)18(26)22-10-17(25)23-24-19(27)16-9-11-4-2-1-3-5-15(11)28-16/h6-9H,1-5,10H2,(H,22,26)(H,23,25)(H,24,27). The number of hydrogen-bond donors (Lipinski definition) is 3. The molecule has 0 radical (unpaired) electrons. The van der Waals surface area contributed by atoms with E-state index in [9.17, 15) is 23.2 Å². The Morgan fingerprint density at radius 3 is 2.50 bits per heavy atom. The number of aryl methyl sites for hydroxylation is 2. The highest BCUT2D eigenvalue weighted by molar-refractivity contribution is 7.14. The number of carbonyl (C=O) groups excluding carboxylic acids is 3. The van der Waals surface area contributed by atoms with E-state index in [1.807, 2.05) is 6.07 Å². The van der Waals surface area contributed by atoms with Crippen molar-refractivity contribution < 1.29 is 23.2 Å². The SMILES string of the molecule is O=C(CNC(=O)c1ccc(F)c(F)c1)NNC(=O)c1cc2c(s1)CCCCC2. The van der Waals surface area contributed by atoms with Gasteiger partial charge in [-0.3, -0.25) is 25.2 Å². The van der Waals surface area contributed by atoms with Crippen LogP contribution >= 0.6 is 11.3 Å². The molecule has 9 heteroatoms. The minimum absolute atomic E-state index is 0.115. The van der Waals surface area contributed by atoms with Gasteiger partial charge in [-0.2, -0.15) is 0 Å². The number of thiophene rings is 1. The molecule has 1 heterocycles. The highest BCUT2D eigenvalue weighted by Crippen LogP contribution is 2.28. The Morgan fingerprint density at radius 1 is 0.929 bits per heavy atom. The first-order chi connectivity index (χ1) is 13.4. The van der Waals surface area contributed by atoms with Crippen molar-refractivity contribution in [3.63, 3.8) is 0 Å². The summed E-state index contributed by atoms with van der Waals surface area (Å²) in [7, 11) is 0. The summed E-state index contributed by atoms with van der Waals surface area (Å²) in [6, 6.07) is 4.53. The van der Waals surface area contributed by atoms with Crippen LogP contribution in [-0.4, -0.2) is 24.3 Å². The fourth-order valence-electron chi connectivity index (χ4n) is 2.91. The Hall–Kier alpha value is -2.81. The number of rotatable bonds is 4. The molecule has 0 saturated heterocycles. The van der Waals surface area contributed by atoms with Crippen LogP contribution in [0.1, 0.15) is 49.7 Å². The average Bonchev–Trinajstić information content (AvgIpc) is 2.97. The molecule has 0 saturated carbocycles. The zero-order valence-electron chi connectivity index (χ0n) is 14.9. The predicted octanol–water partition coefficient (Wildman–Crippen LogP) is 2.49. The molecular weight excluding hydrogens is 388 g/mol. The first-order valence-electron chi connectivity index (χ1n) is 8.88. The smallest absolute Gasteiger partial charge is 0.279 e. The van der Waals surface area contributed by atoms with Crippen LogP contribution < -0.4 is 16.2 Å². The Balaban J connectivity index is 1.46. The fourth-order valence-corrected chi connectivity index (χ4v) is 4.06. The van der Waals surface area contributed by atoms with Gasteiger partial charge in [0.2, 0.25) is 0 Å². The van der Waals surface area contributed by atoms with Gasteiger partial charge in [0, 0.05) is 10.4 Å². The molecule has 1 aliphatic rings. The van der Waals surface area contributed by atoms with E-state index in [1.165, 1.54) is 28.2 Å². The van der Waals surface area contributed by atoms with Gasteiger partial charge < -0.3 is 5.32 Å². The van der Waals surface area contributed by atoms with Crippen LogP contribution in [0.5, 0.6) is 0 Å². The molecule has 3 amide bonds. The van der Waals surface area contributed by atoms with Crippen molar-refractivity contribution in [1.29, 1.82) is 0 Å². The van der Waals surface area contributed by atoms with Gasteiger partial charge in [-0.05, 0) is 55.5 Å². The van der Waals surface area contributed by atoms with E-state index in [0.29, 0.717) is 4.88 Å². The van der Waals surface area contributed by atoms with Gasteiger partial charge >= 0.3 is 0 Å². The monoisotopic (exact) mass is 407 g/mol. The molecule has 3 rings (SSSR count). The lowest BCUT2D eigenvalue weighted by atomic mass is 10.1. The van der Waals surface area contributed by atoms with Crippen molar-refractivity contribution in [2.75, 3.05) is 6.54 Å². The van der Waals surface area contributed by atoms with Crippen LogP contribution in [0.4, 0.5) is 8.78 Å². The molecule has 28 heavy (non-hydrogen) atoms. The third-order valence-corrected chi connectivity index (χ3v) is 5.61. The molecule has 1 aromatic carbocycles. The van der Waals surface area contributed by atoms with Crippen molar-refractivity contribution in [3.8, 4) is 0 Å². The summed E-state index contributed by atoms with van der Waals surface area (Å²) in [6.45, 7) is -0.431. The molecule has 2 aromatic rings. The fraction of sp³-hybridized carbons (Fsp3) is 0.316. The number of fused-ring (bicyclic) bond motifs is 1. The van der Waals surface area contributed by atoms with Crippen LogP contribution in [0.15, 0.2) is 24.3 Å². The number of hydrogen-bond acceptors (Lipinski definition) is 4. The van der Waals surface area contributed by atoms with Crippen molar-refractivity contribution in [3.05, 3.63) is 56.8 Å². The molecule has 6 nitrogen and oxygen atoms in total. The van der Waals surface area contributed by atoms with Crippen LogP contribution in [0.3, 0.4) is 0 Å². The zero-order chi connectivity index (χ0) is 20.1. The Kier molecular flexibility index (Phi) is 6.35. The van der Waals surface area contributed by atoms with Gasteiger partial charge in [0.1, 0.15) is 0 Å². The highest BCUT2D eigenvalue weighted by Gasteiger charge is 2.17. The number of amides is 3. The minimum Gasteiger partial charge on any atom is -0.343 e. The maximum Gasteiger partial charge on any atom is 0.279 e. The number of halogens is 2. The highest BCUT2D eigenvalue weighted by atomic mass is 32.1. The van der Waals surface area contributed by atoms with E-state index in [0.717, 1.165) is 43.9 Å². The van der Waals surface area contributed by atoms with Crippen LogP contribution in [0.25, 0.3) is 0 Å². The summed E-state index contributed by atoms with van der Waals surface area (Å²) in [5.41, 5.74) is 5.61. The van der Waals surface area contributed by atoms with Gasteiger partial charge in [-0.15, -0.1) is 11.3 Å². The van der Waals surface area contributed by atoms with Crippen LogP contribution in [0, 0.1) is 11.6 Å². The Labute approximate surface area is 164 Å². The van der Waals surface area contributed by atoms with E-state index in [1.54, 1.807) is 0 Å². The number of hydrazine groups is 1. The van der Waals surface area contributed by atoms with E-state index < -0.39 is 35.9 Å². The zero-order valence-corrected chi connectivity index (χ0v) is 15.8. The predicted molar refractivity (Wildman–Crippen MR) is 99.9 cm³/mol. The summed E-state index contributed by atoms with van der Waals surface area (Å²) < 4.78 is 26.0. The lowest BCUT2D eigenvalue weighted by Crippen LogP contribution is -2.46. The molecule has 0 fully saturated rings. The van der Waals surface area contributed by atoms with Crippen molar-refractivity contribution >= 4 is 29.1 Å². The van der Waals surface area contributed by atoms with E-state index in [4.69, 9.17) is 0 Å².